The van der Waals surface area contributed by atoms with E-state index in [1.54, 1.807) is 18.9 Å². The molecule has 1 N–H and O–H groups in total. The minimum absolute atomic E-state index is 0.0208. The largest absolute Gasteiger partial charge is 0.391 e. The van der Waals surface area contributed by atoms with Crippen LogP contribution in [0.15, 0.2) is 0 Å². The summed E-state index contributed by atoms with van der Waals surface area (Å²) in [4.78, 5) is 13.0. The van der Waals surface area contributed by atoms with Gasteiger partial charge in [-0.15, -0.1) is 0 Å². The average Bonchev–Trinajstić information content (AvgIpc) is 2.18. The number of hydrogen-bond acceptors (Lipinski definition) is 2. The summed E-state index contributed by atoms with van der Waals surface area (Å²) in [6, 6.07) is 0. The van der Waals surface area contributed by atoms with Gasteiger partial charge in [-0.1, -0.05) is 15.9 Å². The van der Waals surface area contributed by atoms with Crippen molar-refractivity contribution in [1.82, 2.24) is 4.90 Å². The second kappa shape index (κ2) is 2.75. The standard InChI is InChI=1S/C7H12BrNO2/c1-5(10)7(8)3-4-9(2)6(7)11/h5,10H,3-4H2,1-2H3. The molecule has 0 bridgehead atoms. The molecule has 1 saturated heterocycles. The Morgan fingerprint density at radius 3 is 2.55 bits per heavy atom. The van der Waals surface area contributed by atoms with E-state index in [4.69, 9.17) is 0 Å². The van der Waals surface area contributed by atoms with Crippen LogP contribution in [0.3, 0.4) is 0 Å². The summed E-state index contributed by atoms with van der Waals surface area (Å²) in [7, 11) is 1.74. The van der Waals surface area contributed by atoms with E-state index < -0.39 is 10.4 Å². The fourth-order valence-electron chi connectivity index (χ4n) is 1.24. The maximum Gasteiger partial charge on any atom is 0.241 e. The van der Waals surface area contributed by atoms with E-state index in [-0.39, 0.29) is 5.91 Å². The van der Waals surface area contributed by atoms with Crippen molar-refractivity contribution < 1.29 is 9.90 Å². The molecule has 1 heterocycles. The fourth-order valence-corrected chi connectivity index (χ4v) is 1.72. The van der Waals surface area contributed by atoms with Crippen LogP contribution in [-0.4, -0.2) is 39.9 Å². The lowest BCUT2D eigenvalue weighted by atomic mass is 10.0. The van der Waals surface area contributed by atoms with E-state index in [0.29, 0.717) is 6.42 Å². The Labute approximate surface area is 74.5 Å². The Bertz CT molecular complexity index is 183. The van der Waals surface area contributed by atoms with Crippen molar-refractivity contribution in [3.63, 3.8) is 0 Å². The Hall–Kier alpha value is -0.0900. The summed E-state index contributed by atoms with van der Waals surface area (Å²) < 4.78 is -0.720. The Morgan fingerprint density at radius 1 is 1.82 bits per heavy atom. The van der Waals surface area contributed by atoms with Crippen molar-refractivity contribution in [1.29, 1.82) is 0 Å². The van der Waals surface area contributed by atoms with Crippen molar-refractivity contribution in [2.45, 2.75) is 23.8 Å². The van der Waals surface area contributed by atoms with Crippen LogP contribution in [-0.2, 0) is 4.79 Å². The lowest BCUT2D eigenvalue weighted by molar-refractivity contribution is -0.130. The van der Waals surface area contributed by atoms with Crippen LogP contribution >= 0.6 is 15.9 Å². The molecule has 2 unspecified atom stereocenters. The molecule has 0 aliphatic carbocycles. The zero-order chi connectivity index (χ0) is 8.65. The summed E-state index contributed by atoms with van der Waals surface area (Å²) in [6.07, 6.45) is 0.0555. The number of aliphatic hydroxyl groups is 1. The van der Waals surface area contributed by atoms with Gasteiger partial charge < -0.3 is 10.0 Å². The van der Waals surface area contributed by atoms with Crippen molar-refractivity contribution in [3.8, 4) is 0 Å². The summed E-state index contributed by atoms with van der Waals surface area (Å²) in [6.45, 7) is 2.35. The zero-order valence-corrected chi connectivity index (χ0v) is 8.26. The molecular weight excluding hydrogens is 210 g/mol. The van der Waals surface area contributed by atoms with Crippen molar-refractivity contribution in [3.05, 3.63) is 0 Å². The first-order valence-electron chi connectivity index (χ1n) is 3.61. The molecule has 11 heavy (non-hydrogen) atoms. The van der Waals surface area contributed by atoms with Crippen LogP contribution < -0.4 is 0 Å². The van der Waals surface area contributed by atoms with Crippen LogP contribution in [0.5, 0.6) is 0 Å². The number of rotatable bonds is 1. The molecule has 0 spiro atoms. The second-order valence-electron chi connectivity index (χ2n) is 3.02. The van der Waals surface area contributed by atoms with Gasteiger partial charge in [-0.2, -0.15) is 0 Å². The molecule has 1 aliphatic rings. The molecule has 1 aliphatic heterocycles. The lowest BCUT2D eigenvalue weighted by Crippen LogP contribution is -2.41. The molecular formula is C7H12BrNO2. The van der Waals surface area contributed by atoms with Gasteiger partial charge in [-0.05, 0) is 13.3 Å². The van der Waals surface area contributed by atoms with E-state index >= 15 is 0 Å². The molecule has 1 fully saturated rings. The van der Waals surface area contributed by atoms with Gasteiger partial charge in [0.1, 0.15) is 4.32 Å². The van der Waals surface area contributed by atoms with Crippen molar-refractivity contribution >= 4 is 21.8 Å². The van der Waals surface area contributed by atoms with Gasteiger partial charge in [0.05, 0.1) is 6.10 Å². The predicted octanol–water partition coefficient (Wildman–Crippen LogP) is 0.363. The SMILES string of the molecule is CC(O)C1(Br)CCN(C)C1=O. The molecule has 1 rings (SSSR count). The van der Waals surface area contributed by atoms with Crippen LogP contribution in [0.2, 0.25) is 0 Å². The number of aliphatic hydroxyl groups excluding tert-OH is 1. The third-order valence-electron chi connectivity index (χ3n) is 2.18. The van der Waals surface area contributed by atoms with Crippen LogP contribution in [0.4, 0.5) is 0 Å². The monoisotopic (exact) mass is 221 g/mol. The lowest BCUT2D eigenvalue weighted by Gasteiger charge is -2.22. The van der Waals surface area contributed by atoms with E-state index in [1.165, 1.54) is 0 Å². The highest BCUT2D eigenvalue weighted by Gasteiger charge is 2.46. The normalized spacial score (nSPS) is 34.5. The first-order chi connectivity index (χ1) is 4.98. The quantitative estimate of drug-likeness (QED) is 0.651. The molecule has 64 valence electrons. The molecule has 0 radical (unpaired) electrons. The summed E-state index contributed by atoms with van der Waals surface area (Å²) in [5.74, 6) is -0.0208. The van der Waals surface area contributed by atoms with Gasteiger partial charge in [0.25, 0.3) is 0 Å². The summed E-state index contributed by atoms with van der Waals surface area (Å²) in [5.41, 5.74) is 0. The maximum atomic E-state index is 11.4. The number of halogens is 1. The molecule has 4 heteroatoms. The predicted molar refractivity (Wildman–Crippen MR) is 45.6 cm³/mol. The molecule has 3 nitrogen and oxygen atoms in total. The smallest absolute Gasteiger partial charge is 0.241 e. The van der Waals surface area contributed by atoms with Crippen LogP contribution in [0.25, 0.3) is 0 Å². The van der Waals surface area contributed by atoms with Crippen molar-refractivity contribution in [2.75, 3.05) is 13.6 Å². The number of hydrogen-bond donors (Lipinski definition) is 1. The van der Waals surface area contributed by atoms with E-state index in [9.17, 15) is 9.90 Å². The third-order valence-corrected chi connectivity index (χ3v) is 3.57. The van der Waals surface area contributed by atoms with Crippen molar-refractivity contribution in [2.24, 2.45) is 0 Å². The molecule has 0 aromatic rings. The Balaban J connectivity index is 2.81. The average molecular weight is 222 g/mol. The zero-order valence-electron chi connectivity index (χ0n) is 6.67. The molecule has 2 atom stereocenters. The summed E-state index contributed by atoms with van der Waals surface area (Å²) >= 11 is 3.27. The highest BCUT2D eigenvalue weighted by atomic mass is 79.9. The highest BCUT2D eigenvalue weighted by Crippen LogP contribution is 2.34. The van der Waals surface area contributed by atoms with Gasteiger partial charge >= 0.3 is 0 Å². The van der Waals surface area contributed by atoms with Crippen LogP contribution in [0.1, 0.15) is 13.3 Å². The molecule has 0 aromatic carbocycles. The number of likely N-dealkylation sites (tertiary alicyclic amines) is 1. The van der Waals surface area contributed by atoms with Crippen LogP contribution in [0, 0.1) is 0 Å². The third kappa shape index (κ3) is 1.29. The number of nitrogens with zero attached hydrogens (tertiary/aromatic N) is 1. The highest BCUT2D eigenvalue weighted by molar-refractivity contribution is 9.10. The van der Waals surface area contributed by atoms with Gasteiger partial charge in [0, 0.05) is 13.6 Å². The Morgan fingerprint density at radius 2 is 2.36 bits per heavy atom. The number of amides is 1. The topological polar surface area (TPSA) is 40.5 Å². The van der Waals surface area contributed by atoms with Gasteiger partial charge in [-0.3, -0.25) is 4.79 Å². The number of carbonyl (C=O) groups is 1. The molecule has 0 saturated carbocycles. The van der Waals surface area contributed by atoms with E-state index in [2.05, 4.69) is 15.9 Å². The first-order valence-corrected chi connectivity index (χ1v) is 4.40. The first kappa shape index (κ1) is 9.00. The number of carbonyl (C=O) groups excluding carboxylic acids is 1. The van der Waals surface area contributed by atoms with E-state index in [0.717, 1.165) is 6.54 Å². The van der Waals surface area contributed by atoms with Gasteiger partial charge in [0.2, 0.25) is 5.91 Å². The molecule has 0 aromatic heterocycles. The maximum absolute atomic E-state index is 11.4. The number of alkyl halides is 1. The minimum atomic E-state index is -0.720. The fraction of sp³-hybridized carbons (Fsp3) is 0.857. The Kier molecular flexibility index (Phi) is 2.25. The second-order valence-corrected chi connectivity index (χ2v) is 4.43. The van der Waals surface area contributed by atoms with Gasteiger partial charge in [-0.25, -0.2) is 0 Å². The van der Waals surface area contributed by atoms with E-state index in [1.807, 2.05) is 0 Å². The summed E-state index contributed by atoms with van der Waals surface area (Å²) in [5, 5.41) is 9.31. The minimum Gasteiger partial charge on any atom is -0.391 e. The van der Waals surface area contributed by atoms with Gasteiger partial charge in [0.15, 0.2) is 0 Å². The molecule has 1 amide bonds.